The van der Waals surface area contributed by atoms with E-state index in [9.17, 15) is 14.4 Å². The molecule has 0 unspecified atom stereocenters. The smallest absolute Gasteiger partial charge is 0.329 e. The van der Waals surface area contributed by atoms with Crippen molar-refractivity contribution in [3.05, 3.63) is 65.2 Å². The van der Waals surface area contributed by atoms with E-state index in [2.05, 4.69) is 0 Å². The molecule has 3 rings (SSSR count). The SMILES string of the molecule is Cc1cccc(OCCOC(=O)[C@@H](C)N2C(=O)c3ccccc3C2=O)c1. The highest BCUT2D eigenvalue weighted by atomic mass is 16.6. The Morgan fingerprint density at radius 1 is 1.00 bits per heavy atom. The van der Waals surface area contributed by atoms with E-state index in [1.807, 2.05) is 31.2 Å². The summed E-state index contributed by atoms with van der Waals surface area (Å²) in [5.41, 5.74) is 1.68. The van der Waals surface area contributed by atoms with Gasteiger partial charge >= 0.3 is 5.97 Å². The van der Waals surface area contributed by atoms with Gasteiger partial charge in [-0.25, -0.2) is 4.79 Å². The highest BCUT2D eigenvalue weighted by molar-refractivity contribution is 6.22. The third-order valence-electron chi connectivity index (χ3n) is 4.14. The van der Waals surface area contributed by atoms with Gasteiger partial charge in [0.1, 0.15) is 25.0 Å². The molecule has 6 nitrogen and oxygen atoms in total. The summed E-state index contributed by atoms with van der Waals surface area (Å²) in [5.74, 6) is -0.918. The summed E-state index contributed by atoms with van der Waals surface area (Å²) < 4.78 is 10.7. The average Bonchev–Trinajstić information content (AvgIpc) is 2.89. The predicted molar refractivity (Wildman–Crippen MR) is 94.0 cm³/mol. The molecule has 1 heterocycles. The molecule has 0 aliphatic carbocycles. The molecule has 0 fully saturated rings. The maximum absolute atomic E-state index is 12.4. The minimum atomic E-state index is -0.999. The number of benzene rings is 2. The third kappa shape index (κ3) is 3.44. The van der Waals surface area contributed by atoms with Crippen LogP contribution in [0.1, 0.15) is 33.2 Å². The number of ether oxygens (including phenoxy) is 2. The first-order chi connectivity index (χ1) is 12.5. The van der Waals surface area contributed by atoms with Crippen molar-refractivity contribution in [2.75, 3.05) is 13.2 Å². The zero-order chi connectivity index (χ0) is 18.7. The van der Waals surface area contributed by atoms with E-state index in [-0.39, 0.29) is 13.2 Å². The summed E-state index contributed by atoms with van der Waals surface area (Å²) in [5, 5.41) is 0. The molecule has 1 aliphatic heterocycles. The Balaban J connectivity index is 1.54. The predicted octanol–water partition coefficient (Wildman–Crippen LogP) is 2.60. The summed E-state index contributed by atoms with van der Waals surface area (Å²) in [6, 6.07) is 13.0. The Bertz CT molecular complexity index is 826. The molecule has 0 bridgehead atoms. The quantitative estimate of drug-likeness (QED) is 0.453. The zero-order valence-corrected chi connectivity index (χ0v) is 14.6. The monoisotopic (exact) mass is 353 g/mol. The van der Waals surface area contributed by atoms with Crippen molar-refractivity contribution in [1.82, 2.24) is 4.90 Å². The highest BCUT2D eigenvalue weighted by Crippen LogP contribution is 2.24. The van der Waals surface area contributed by atoms with Crippen molar-refractivity contribution in [3.63, 3.8) is 0 Å². The van der Waals surface area contributed by atoms with Crippen LogP contribution in [0.25, 0.3) is 0 Å². The van der Waals surface area contributed by atoms with Crippen molar-refractivity contribution in [2.24, 2.45) is 0 Å². The van der Waals surface area contributed by atoms with Gasteiger partial charge in [-0.05, 0) is 43.7 Å². The number of fused-ring (bicyclic) bond motifs is 1. The Hall–Kier alpha value is -3.15. The van der Waals surface area contributed by atoms with E-state index < -0.39 is 23.8 Å². The molecule has 134 valence electrons. The van der Waals surface area contributed by atoms with Gasteiger partial charge in [-0.2, -0.15) is 0 Å². The van der Waals surface area contributed by atoms with Crippen LogP contribution in [-0.2, 0) is 9.53 Å². The fourth-order valence-corrected chi connectivity index (χ4v) is 2.79. The lowest BCUT2D eigenvalue weighted by Gasteiger charge is -2.20. The highest BCUT2D eigenvalue weighted by Gasteiger charge is 2.41. The van der Waals surface area contributed by atoms with E-state index in [1.165, 1.54) is 6.92 Å². The molecule has 6 heteroatoms. The van der Waals surface area contributed by atoms with Crippen molar-refractivity contribution in [3.8, 4) is 5.75 Å². The molecule has 0 N–H and O–H groups in total. The second kappa shape index (κ2) is 7.39. The van der Waals surface area contributed by atoms with Crippen molar-refractivity contribution in [1.29, 1.82) is 0 Å². The maximum atomic E-state index is 12.4. The van der Waals surface area contributed by atoms with E-state index in [4.69, 9.17) is 9.47 Å². The van der Waals surface area contributed by atoms with Gasteiger partial charge in [-0.3, -0.25) is 14.5 Å². The average molecular weight is 353 g/mol. The molecule has 0 radical (unpaired) electrons. The van der Waals surface area contributed by atoms with Crippen LogP contribution in [0.15, 0.2) is 48.5 Å². The van der Waals surface area contributed by atoms with Crippen LogP contribution < -0.4 is 4.74 Å². The molecule has 2 aromatic carbocycles. The first-order valence-corrected chi connectivity index (χ1v) is 8.32. The fraction of sp³-hybridized carbons (Fsp3) is 0.250. The van der Waals surface area contributed by atoms with Crippen LogP contribution in [0.2, 0.25) is 0 Å². The Labute approximate surface area is 151 Å². The van der Waals surface area contributed by atoms with Crippen LogP contribution in [0.3, 0.4) is 0 Å². The summed E-state index contributed by atoms with van der Waals surface area (Å²) in [4.78, 5) is 37.9. The van der Waals surface area contributed by atoms with Crippen LogP contribution in [0.4, 0.5) is 0 Å². The minimum absolute atomic E-state index is 0.0281. The fourth-order valence-electron chi connectivity index (χ4n) is 2.79. The number of rotatable bonds is 6. The molecule has 0 aromatic heterocycles. The summed E-state index contributed by atoms with van der Waals surface area (Å²) in [6.07, 6.45) is 0. The lowest BCUT2D eigenvalue weighted by molar-refractivity contribution is -0.148. The molecule has 0 saturated carbocycles. The van der Waals surface area contributed by atoms with Crippen molar-refractivity contribution in [2.45, 2.75) is 19.9 Å². The first kappa shape index (κ1) is 17.7. The first-order valence-electron chi connectivity index (χ1n) is 8.32. The normalized spacial score (nSPS) is 14.2. The lowest BCUT2D eigenvalue weighted by atomic mass is 10.1. The molecule has 0 saturated heterocycles. The molecule has 26 heavy (non-hydrogen) atoms. The van der Waals surface area contributed by atoms with E-state index in [0.717, 1.165) is 10.5 Å². The van der Waals surface area contributed by atoms with Crippen LogP contribution in [0, 0.1) is 6.92 Å². The molecular formula is C20H19NO5. The Morgan fingerprint density at radius 2 is 1.65 bits per heavy atom. The van der Waals surface area contributed by atoms with E-state index >= 15 is 0 Å². The Morgan fingerprint density at radius 3 is 2.27 bits per heavy atom. The topological polar surface area (TPSA) is 72.9 Å². The molecular weight excluding hydrogens is 334 g/mol. The number of hydrogen-bond donors (Lipinski definition) is 0. The van der Waals surface area contributed by atoms with Gasteiger partial charge in [0.25, 0.3) is 11.8 Å². The standard InChI is InChI=1S/C20H19NO5/c1-13-6-5-7-15(12-13)25-10-11-26-20(24)14(2)21-18(22)16-8-3-4-9-17(16)19(21)23/h3-9,12,14H,10-11H2,1-2H3/t14-/m1/s1. The number of carbonyl (C=O) groups excluding carboxylic acids is 3. The van der Waals surface area contributed by atoms with Crippen LogP contribution >= 0.6 is 0 Å². The van der Waals surface area contributed by atoms with Crippen molar-refractivity contribution >= 4 is 17.8 Å². The number of aryl methyl sites for hydroxylation is 1. The Kier molecular flexibility index (Phi) is 5.02. The number of hydrogen-bond acceptors (Lipinski definition) is 5. The second-order valence-corrected chi connectivity index (χ2v) is 6.03. The zero-order valence-electron chi connectivity index (χ0n) is 14.6. The number of nitrogens with zero attached hydrogens (tertiary/aromatic N) is 1. The van der Waals surface area contributed by atoms with Gasteiger partial charge in [0.05, 0.1) is 11.1 Å². The van der Waals surface area contributed by atoms with Gasteiger partial charge in [-0.15, -0.1) is 0 Å². The van der Waals surface area contributed by atoms with E-state index in [0.29, 0.717) is 16.9 Å². The number of esters is 1. The molecule has 1 aliphatic rings. The molecule has 2 amide bonds. The van der Waals surface area contributed by atoms with Gasteiger partial charge in [0.2, 0.25) is 0 Å². The maximum Gasteiger partial charge on any atom is 0.329 e. The van der Waals surface area contributed by atoms with Crippen molar-refractivity contribution < 1.29 is 23.9 Å². The molecule has 1 atom stereocenters. The summed E-state index contributed by atoms with van der Waals surface area (Å²) >= 11 is 0. The molecule has 2 aromatic rings. The van der Waals surface area contributed by atoms with Crippen LogP contribution in [0.5, 0.6) is 5.75 Å². The molecule has 0 spiro atoms. The minimum Gasteiger partial charge on any atom is -0.490 e. The largest absolute Gasteiger partial charge is 0.490 e. The number of amides is 2. The van der Waals surface area contributed by atoms with Gasteiger partial charge < -0.3 is 9.47 Å². The van der Waals surface area contributed by atoms with Crippen LogP contribution in [-0.4, -0.2) is 41.9 Å². The third-order valence-corrected chi connectivity index (χ3v) is 4.14. The summed E-state index contributed by atoms with van der Waals surface area (Å²) in [6.45, 7) is 3.65. The van der Waals surface area contributed by atoms with Gasteiger partial charge in [0.15, 0.2) is 0 Å². The van der Waals surface area contributed by atoms with Gasteiger partial charge in [0, 0.05) is 0 Å². The van der Waals surface area contributed by atoms with E-state index in [1.54, 1.807) is 24.3 Å². The second-order valence-electron chi connectivity index (χ2n) is 6.03. The van der Waals surface area contributed by atoms with Gasteiger partial charge in [-0.1, -0.05) is 24.3 Å². The number of carbonyl (C=O) groups is 3. The number of imide groups is 1. The lowest BCUT2D eigenvalue weighted by Crippen LogP contribution is -2.44. The summed E-state index contributed by atoms with van der Waals surface area (Å²) in [7, 11) is 0.